The van der Waals surface area contributed by atoms with Gasteiger partial charge in [0.15, 0.2) is 5.82 Å². The summed E-state index contributed by atoms with van der Waals surface area (Å²) in [7, 11) is 0. The van der Waals surface area contributed by atoms with Crippen molar-refractivity contribution in [1.29, 1.82) is 0 Å². The highest BCUT2D eigenvalue weighted by atomic mass is 16.5. The number of imidazole rings is 1. The molecule has 1 aromatic heterocycles. The lowest BCUT2D eigenvalue weighted by molar-refractivity contribution is 0.0291. The predicted octanol–water partition coefficient (Wildman–Crippen LogP) is 2.18. The fourth-order valence-corrected chi connectivity index (χ4v) is 3.89. The number of carbonyl (C=O) groups is 2. The highest BCUT2D eigenvalue weighted by Crippen LogP contribution is 2.23. The van der Waals surface area contributed by atoms with E-state index in [0.29, 0.717) is 37.8 Å². The van der Waals surface area contributed by atoms with Crippen LogP contribution in [0.25, 0.3) is 0 Å². The van der Waals surface area contributed by atoms with Gasteiger partial charge in [-0.25, -0.2) is 4.98 Å². The molecule has 1 fully saturated rings. The van der Waals surface area contributed by atoms with E-state index in [0.717, 1.165) is 37.1 Å². The van der Waals surface area contributed by atoms with E-state index >= 15 is 0 Å². The average molecular weight is 382 g/mol. The molecule has 0 saturated carbocycles. The smallest absolute Gasteiger partial charge is 0.290 e. The van der Waals surface area contributed by atoms with Crippen molar-refractivity contribution in [2.75, 3.05) is 26.3 Å². The first-order chi connectivity index (χ1) is 13.6. The van der Waals surface area contributed by atoms with Crippen LogP contribution < -0.4 is 5.32 Å². The van der Waals surface area contributed by atoms with Crippen LogP contribution in [0.1, 0.15) is 58.2 Å². The molecule has 2 aliphatic heterocycles. The lowest BCUT2D eigenvalue weighted by Crippen LogP contribution is -2.42. The number of nitrogens with zero attached hydrogens (tertiary/aromatic N) is 3. The fraction of sp³-hybridized carbons (Fsp3) is 0.476. The minimum absolute atomic E-state index is 0.110. The lowest BCUT2D eigenvalue weighted by Gasteiger charge is -2.27. The van der Waals surface area contributed by atoms with Crippen LogP contribution in [-0.4, -0.2) is 52.6 Å². The summed E-state index contributed by atoms with van der Waals surface area (Å²) in [4.78, 5) is 32.3. The SMILES string of the molecule is CC(NC(=O)c1nc(C(=O)N2CCOCC2)n2c1CCCC2)c1ccccc1. The zero-order valence-corrected chi connectivity index (χ0v) is 16.2. The summed E-state index contributed by atoms with van der Waals surface area (Å²) in [6.45, 7) is 4.90. The highest BCUT2D eigenvalue weighted by Gasteiger charge is 2.30. The Balaban J connectivity index is 1.59. The van der Waals surface area contributed by atoms with E-state index < -0.39 is 0 Å². The number of nitrogens with one attached hydrogen (secondary N) is 1. The molecule has 7 nitrogen and oxygen atoms in total. The second-order valence-electron chi connectivity index (χ2n) is 7.35. The fourth-order valence-electron chi connectivity index (χ4n) is 3.89. The van der Waals surface area contributed by atoms with E-state index in [1.165, 1.54) is 0 Å². The minimum Gasteiger partial charge on any atom is -0.378 e. The molecule has 0 spiro atoms. The Morgan fingerprint density at radius 1 is 1.11 bits per heavy atom. The van der Waals surface area contributed by atoms with Gasteiger partial charge < -0.3 is 19.5 Å². The second-order valence-corrected chi connectivity index (χ2v) is 7.35. The first kappa shape index (κ1) is 18.7. The van der Waals surface area contributed by atoms with Crippen LogP contribution in [0.3, 0.4) is 0 Å². The molecule has 4 rings (SSSR count). The Kier molecular flexibility index (Phi) is 5.43. The highest BCUT2D eigenvalue weighted by molar-refractivity contribution is 5.97. The normalized spacial score (nSPS) is 17.7. The van der Waals surface area contributed by atoms with Crippen molar-refractivity contribution < 1.29 is 14.3 Å². The third kappa shape index (κ3) is 3.67. The average Bonchev–Trinajstić information content (AvgIpc) is 3.14. The maximum absolute atomic E-state index is 13.0. The molecule has 2 aromatic rings. The molecule has 1 N–H and O–H groups in total. The van der Waals surface area contributed by atoms with Crippen molar-refractivity contribution in [1.82, 2.24) is 19.8 Å². The number of aromatic nitrogens is 2. The summed E-state index contributed by atoms with van der Waals surface area (Å²) in [5.74, 6) is 0.0544. The van der Waals surface area contributed by atoms with E-state index in [-0.39, 0.29) is 17.9 Å². The number of morpholine rings is 1. The van der Waals surface area contributed by atoms with Crippen LogP contribution >= 0.6 is 0 Å². The van der Waals surface area contributed by atoms with Crippen LogP contribution in [0.4, 0.5) is 0 Å². The Morgan fingerprint density at radius 3 is 2.61 bits per heavy atom. The molecule has 7 heteroatoms. The molecule has 0 aliphatic carbocycles. The number of benzene rings is 1. The maximum atomic E-state index is 13.0. The number of carbonyl (C=O) groups excluding carboxylic acids is 2. The summed E-state index contributed by atoms with van der Waals surface area (Å²) < 4.78 is 7.29. The summed E-state index contributed by atoms with van der Waals surface area (Å²) in [5.41, 5.74) is 2.30. The molecule has 2 amide bonds. The first-order valence-electron chi connectivity index (χ1n) is 9.97. The molecule has 1 atom stereocenters. The molecule has 0 bridgehead atoms. The third-order valence-corrected chi connectivity index (χ3v) is 5.47. The molecule has 1 saturated heterocycles. The molecule has 0 radical (unpaired) electrons. The largest absolute Gasteiger partial charge is 0.378 e. The molecule has 2 aliphatic rings. The summed E-state index contributed by atoms with van der Waals surface area (Å²) in [5, 5.41) is 3.03. The Labute approximate surface area is 164 Å². The number of rotatable bonds is 4. The van der Waals surface area contributed by atoms with Crippen molar-refractivity contribution >= 4 is 11.8 Å². The van der Waals surface area contributed by atoms with Gasteiger partial charge in [-0.15, -0.1) is 0 Å². The maximum Gasteiger partial charge on any atom is 0.290 e. The van der Waals surface area contributed by atoms with Gasteiger partial charge >= 0.3 is 0 Å². The molecule has 1 unspecified atom stereocenters. The number of fused-ring (bicyclic) bond motifs is 1. The summed E-state index contributed by atoms with van der Waals surface area (Å²) in [6.07, 6.45) is 2.77. The zero-order chi connectivity index (χ0) is 19.5. The van der Waals surface area contributed by atoms with Crippen molar-refractivity contribution in [2.24, 2.45) is 0 Å². The van der Waals surface area contributed by atoms with Gasteiger partial charge in [0.25, 0.3) is 11.8 Å². The molecular formula is C21H26N4O3. The van der Waals surface area contributed by atoms with Crippen molar-refractivity contribution in [3.63, 3.8) is 0 Å². The number of amides is 2. The molecule has 148 valence electrons. The van der Waals surface area contributed by atoms with Gasteiger partial charge in [-0.2, -0.15) is 0 Å². The van der Waals surface area contributed by atoms with Gasteiger partial charge in [-0.05, 0) is 31.7 Å². The van der Waals surface area contributed by atoms with Gasteiger partial charge in [0.05, 0.1) is 24.9 Å². The van der Waals surface area contributed by atoms with Gasteiger partial charge in [0, 0.05) is 19.6 Å². The first-order valence-corrected chi connectivity index (χ1v) is 9.97. The molecular weight excluding hydrogens is 356 g/mol. The summed E-state index contributed by atoms with van der Waals surface area (Å²) >= 11 is 0. The Hall–Kier alpha value is -2.67. The van der Waals surface area contributed by atoms with Crippen molar-refractivity contribution in [2.45, 2.75) is 38.8 Å². The Morgan fingerprint density at radius 2 is 1.86 bits per heavy atom. The van der Waals surface area contributed by atoms with Gasteiger partial charge in [0.1, 0.15) is 5.69 Å². The van der Waals surface area contributed by atoms with Crippen molar-refractivity contribution in [3.05, 3.63) is 53.1 Å². The minimum atomic E-state index is -0.219. The van der Waals surface area contributed by atoms with E-state index in [1.807, 2.05) is 41.8 Å². The number of ether oxygens (including phenoxy) is 1. The van der Waals surface area contributed by atoms with Crippen LogP contribution in [-0.2, 0) is 17.7 Å². The monoisotopic (exact) mass is 382 g/mol. The van der Waals surface area contributed by atoms with Crippen LogP contribution in [0, 0.1) is 0 Å². The van der Waals surface area contributed by atoms with E-state index in [9.17, 15) is 9.59 Å². The molecule has 1 aromatic carbocycles. The predicted molar refractivity (Wildman–Crippen MR) is 104 cm³/mol. The topological polar surface area (TPSA) is 76.5 Å². The van der Waals surface area contributed by atoms with Crippen LogP contribution in [0.5, 0.6) is 0 Å². The van der Waals surface area contributed by atoms with Crippen LogP contribution in [0.15, 0.2) is 30.3 Å². The number of hydrogen-bond donors (Lipinski definition) is 1. The summed E-state index contributed by atoms with van der Waals surface area (Å²) in [6, 6.07) is 9.70. The molecule has 28 heavy (non-hydrogen) atoms. The van der Waals surface area contributed by atoms with E-state index in [2.05, 4.69) is 10.3 Å². The zero-order valence-electron chi connectivity index (χ0n) is 16.2. The lowest BCUT2D eigenvalue weighted by atomic mass is 10.1. The quantitative estimate of drug-likeness (QED) is 0.879. The van der Waals surface area contributed by atoms with E-state index in [1.54, 1.807) is 4.90 Å². The van der Waals surface area contributed by atoms with Gasteiger partial charge in [-0.1, -0.05) is 30.3 Å². The van der Waals surface area contributed by atoms with Crippen molar-refractivity contribution in [3.8, 4) is 0 Å². The van der Waals surface area contributed by atoms with E-state index in [4.69, 9.17) is 4.74 Å². The van der Waals surface area contributed by atoms with Gasteiger partial charge in [0.2, 0.25) is 0 Å². The number of hydrogen-bond acceptors (Lipinski definition) is 4. The molecule has 3 heterocycles. The Bertz CT molecular complexity index is 856. The van der Waals surface area contributed by atoms with Gasteiger partial charge in [-0.3, -0.25) is 9.59 Å². The van der Waals surface area contributed by atoms with Crippen LogP contribution in [0.2, 0.25) is 0 Å². The third-order valence-electron chi connectivity index (χ3n) is 5.47. The second kappa shape index (κ2) is 8.14. The standard InChI is InChI=1S/C21H26N4O3/c1-15(16-7-3-2-4-8-16)22-20(26)18-17-9-5-6-10-25(17)19(23-18)21(27)24-11-13-28-14-12-24/h2-4,7-8,15H,5-6,9-14H2,1H3,(H,22,26).